The van der Waals surface area contributed by atoms with E-state index in [0.717, 1.165) is 148 Å². The predicted molar refractivity (Wildman–Crippen MR) is 427 cm³/mol. The summed E-state index contributed by atoms with van der Waals surface area (Å²) in [5, 5.41) is 10.7. The van der Waals surface area contributed by atoms with Crippen LogP contribution in [0.15, 0.2) is 60.8 Å². The van der Waals surface area contributed by atoms with Crippen molar-refractivity contribution in [2.24, 2.45) is 0 Å². The fraction of sp³-hybridized carbons (Fsp3) is 0.835. The van der Waals surface area contributed by atoms with Crippen molar-refractivity contribution in [1.82, 2.24) is 0 Å². The highest BCUT2D eigenvalue weighted by molar-refractivity contribution is 7.47. The second-order valence-corrected chi connectivity index (χ2v) is 31.7. The zero-order chi connectivity index (χ0) is 76.0. The molecule has 3 N–H and O–H groups in total. The van der Waals surface area contributed by atoms with Gasteiger partial charge in [0.1, 0.15) is 19.3 Å². The van der Waals surface area contributed by atoms with Gasteiger partial charge in [-0.1, -0.05) is 339 Å². The first kappa shape index (κ1) is 101. The summed E-state index contributed by atoms with van der Waals surface area (Å²) in [6.45, 7) is 4.90. The first-order chi connectivity index (χ1) is 50.7. The van der Waals surface area contributed by atoms with Gasteiger partial charge in [-0.2, -0.15) is 0 Å². The van der Waals surface area contributed by atoms with E-state index < -0.39 is 97.5 Å². The average molecular weight is 1510 g/mol. The molecule has 17 nitrogen and oxygen atoms in total. The summed E-state index contributed by atoms with van der Waals surface area (Å²) < 4.78 is 68.8. The van der Waals surface area contributed by atoms with E-state index in [1.165, 1.54) is 173 Å². The molecule has 104 heavy (non-hydrogen) atoms. The Morgan fingerprint density at radius 3 is 0.740 bits per heavy atom. The largest absolute Gasteiger partial charge is 0.472 e. The molecular formula is C85H156O17P2. The van der Waals surface area contributed by atoms with Crippen LogP contribution in [-0.4, -0.2) is 96.7 Å². The molecular weight excluding hydrogens is 1350 g/mol. The summed E-state index contributed by atoms with van der Waals surface area (Å²) in [5.41, 5.74) is 0. The van der Waals surface area contributed by atoms with E-state index in [-0.39, 0.29) is 25.7 Å². The quantitative estimate of drug-likeness (QED) is 0.0169. The molecule has 0 fully saturated rings. The van der Waals surface area contributed by atoms with Crippen LogP contribution in [0.1, 0.15) is 400 Å². The monoisotopic (exact) mass is 1510 g/mol. The van der Waals surface area contributed by atoms with E-state index in [0.29, 0.717) is 25.7 Å². The number of aliphatic hydroxyl groups excluding tert-OH is 1. The van der Waals surface area contributed by atoms with Crippen molar-refractivity contribution in [3.8, 4) is 0 Å². The maximum absolute atomic E-state index is 13.1. The van der Waals surface area contributed by atoms with Gasteiger partial charge in [0.25, 0.3) is 0 Å². The Balaban J connectivity index is 5.33. The van der Waals surface area contributed by atoms with E-state index in [1.807, 2.05) is 0 Å². The number of hydrogen-bond donors (Lipinski definition) is 3. The van der Waals surface area contributed by atoms with Crippen molar-refractivity contribution < 1.29 is 80.2 Å². The number of hydrogen-bond acceptors (Lipinski definition) is 15. The molecule has 0 aromatic rings. The molecule has 608 valence electrons. The molecule has 0 saturated heterocycles. The van der Waals surface area contributed by atoms with Gasteiger partial charge in [-0.25, -0.2) is 9.13 Å². The zero-order valence-electron chi connectivity index (χ0n) is 66.7. The van der Waals surface area contributed by atoms with Gasteiger partial charge in [0.2, 0.25) is 0 Å². The van der Waals surface area contributed by atoms with Gasteiger partial charge in [0.05, 0.1) is 26.4 Å². The van der Waals surface area contributed by atoms with Crippen molar-refractivity contribution in [1.29, 1.82) is 0 Å². The first-order valence-corrected chi connectivity index (χ1v) is 45.5. The van der Waals surface area contributed by atoms with Gasteiger partial charge in [-0.3, -0.25) is 37.3 Å². The third-order valence-corrected chi connectivity index (χ3v) is 20.4. The molecule has 0 bridgehead atoms. The van der Waals surface area contributed by atoms with Crippen molar-refractivity contribution in [3.63, 3.8) is 0 Å². The lowest BCUT2D eigenvalue weighted by Gasteiger charge is -2.21. The number of ether oxygens (including phenoxy) is 4. The molecule has 5 unspecified atom stereocenters. The van der Waals surface area contributed by atoms with Gasteiger partial charge in [-0.15, -0.1) is 0 Å². The molecule has 19 heteroatoms. The maximum atomic E-state index is 13.1. The summed E-state index contributed by atoms with van der Waals surface area (Å²) in [4.78, 5) is 73.2. The topological polar surface area (TPSA) is 237 Å². The van der Waals surface area contributed by atoms with Crippen molar-refractivity contribution in [2.75, 3.05) is 39.6 Å². The van der Waals surface area contributed by atoms with Crippen LogP contribution in [0.5, 0.6) is 0 Å². The summed E-state index contributed by atoms with van der Waals surface area (Å²) in [6, 6.07) is 0. The Hall–Kier alpha value is -3.24. The predicted octanol–water partition coefficient (Wildman–Crippen LogP) is 25.0. The Morgan fingerprint density at radius 2 is 0.471 bits per heavy atom. The van der Waals surface area contributed by atoms with Crippen LogP contribution >= 0.6 is 15.6 Å². The number of allylic oxidation sites excluding steroid dienone is 10. The Morgan fingerprint density at radius 1 is 0.269 bits per heavy atom. The first-order valence-electron chi connectivity index (χ1n) is 42.5. The normalized spacial score (nSPS) is 14.1. The average Bonchev–Trinajstić information content (AvgIpc) is 0.918. The number of unbranched alkanes of at least 4 members (excludes halogenated alkanes) is 45. The highest BCUT2D eigenvalue weighted by Crippen LogP contribution is 2.45. The molecule has 0 amide bonds. The molecule has 0 heterocycles. The molecule has 0 spiro atoms. The minimum atomic E-state index is -4.98. The minimum absolute atomic E-state index is 0.0797. The standard InChI is InChI=1S/C85H156O17P2/c1-5-9-13-17-21-25-29-33-37-38-39-40-44-46-50-54-58-62-66-70-83(88)96-76-81(102-85(90)72-68-64-60-56-52-48-43-36-32-28-24-20-16-12-8-4)78-100-104(93,94)98-74-79(86)73-97-103(91,92)99-77-80(101-84(89)71-67-63-59-55-51-47-42-35-31-27-23-19-15-11-7-3)75-95-82(87)69-65-61-57-53-49-45-41-34-30-26-22-18-14-10-6-2/h21,24-25,28,33,36-37,39-40,43,79-81,86H,5-20,22-23,26-27,29-32,34-35,38,41-42,44-78H2,1-4H3,(H,91,92)(H,93,94)/b25-21-,28-24-,37-33-,40-39-,43-36-. The van der Waals surface area contributed by atoms with Crippen LogP contribution in [0.4, 0.5) is 0 Å². The van der Waals surface area contributed by atoms with Gasteiger partial charge >= 0.3 is 39.5 Å². The summed E-state index contributed by atoms with van der Waals surface area (Å²) in [5.74, 6) is -2.16. The molecule has 0 radical (unpaired) electrons. The van der Waals surface area contributed by atoms with Crippen LogP contribution in [-0.2, 0) is 65.4 Å². The number of carbonyl (C=O) groups excluding carboxylic acids is 4. The van der Waals surface area contributed by atoms with Crippen molar-refractivity contribution >= 4 is 39.5 Å². The molecule has 0 aromatic heterocycles. The Labute approximate surface area is 635 Å². The number of carbonyl (C=O) groups is 4. The lowest BCUT2D eigenvalue weighted by Crippen LogP contribution is -2.30. The number of rotatable bonds is 81. The fourth-order valence-electron chi connectivity index (χ4n) is 12.0. The van der Waals surface area contributed by atoms with Crippen LogP contribution in [0.3, 0.4) is 0 Å². The van der Waals surface area contributed by atoms with Crippen molar-refractivity contribution in [2.45, 2.75) is 418 Å². The number of aliphatic hydroxyl groups is 1. The summed E-state index contributed by atoms with van der Waals surface area (Å²) >= 11 is 0. The third-order valence-electron chi connectivity index (χ3n) is 18.5. The molecule has 0 rings (SSSR count). The van der Waals surface area contributed by atoms with E-state index in [2.05, 4.69) is 88.5 Å². The SMILES string of the molecule is CCCCC/C=C\C/C=C\C/C=C\CCCCCCCCC(=O)OCC(COP(=O)(O)OCC(O)COP(=O)(O)OCC(COC(=O)CCCCCCCCCCCCCCCCC)OC(=O)CCCCCCCCCCCCCCCCC)OC(=O)CCCCCCC/C=C\C/C=C\CCCCC. The van der Waals surface area contributed by atoms with Crippen LogP contribution < -0.4 is 0 Å². The third kappa shape index (κ3) is 76.9. The van der Waals surface area contributed by atoms with Gasteiger partial charge < -0.3 is 33.8 Å². The summed E-state index contributed by atoms with van der Waals surface area (Å²) in [7, 11) is -9.95. The smallest absolute Gasteiger partial charge is 0.462 e. The van der Waals surface area contributed by atoms with Crippen LogP contribution in [0, 0.1) is 0 Å². The number of phosphoric acid groups is 2. The molecule has 0 aliphatic heterocycles. The summed E-state index contributed by atoms with van der Waals surface area (Å²) in [6.07, 6.45) is 78.9. The Kier molecular flexibility index (Phi) is 75.5. The van der Waals surface area contributed by atoms with Gasteiger partial charge in [-0.05, 0) is 96.3 Å². The minimum Gasteiger partial charge on any atom is -0.462 e. The molecule has 0 aliphatic carbocycles. The maximum Gasteiger partial charge on any atom is 0.472 e. The van der Waals surface area contributed by atoms with Crippen LogP contribution in [0.25, 0.3) is 0 Å². The van der Waals surface area contributed by atoms with Gasteiger partial charge in [0, 0.05) is 25.7 Å². The highest BCUT2D eigenvalue weighted by Gasteiger charge is 2.30. The van der Waals surface area contributed by atoms with E-state index >= 15 is 0 Å². The number of phosphoric ester groups is 2. The lowest BCUT2D eigenvalue weighted by atomic mass is 10.0. The lowest BCUT2D eigenvalue weighted by molar-refractivity contribution is -0.161. The molecule has 0 aromatic carbocycles. The highest BCUT2D eigenvalue weighted by atomic mass is 31.2. The van der Waals surface area contributed by atoms with Gasteiger partial charge in [0.15, 0.2) is 12.2 Å². The number of esters is 4. The van der Waals surface area contributed by atoms with E-state index in [4.69, 9.17) is 37.0 Å². The molecule has 0 aliphatic rings. The van der Waals surface area contributed by atoms with Crippen molar-refractivity contribution in [3.05, 3.63) is 60.8 Å². The Bertz CT molecular complexity index is 2200. The van der Waals surface area contributed by atoms with E-state index in [1.54, 1.807) is 0 Å². The molecule has 5 atom stereocenters. The van der Waals surface area contributed by atoms with E-state index in [9.17, 15) is 43.2 Å². The zero-order valence-corrected chi connectivity index (χ0v) is 68.5. The molecule has 0 saturated carbocycles. The van der Waals surface area contributed by atoms with Crippen LogP contribution in [0.2, 0.25) is 0 Å². The fourth-order valence-corrected chi connectivity index (χ4v) is 13.5. The second-order valence-electron chi connectivity index (χ2n) is 28.8. The second kappa shape index (κ2) is 77.9.